The molecule has 128 valence electrons. The number of nitrogens with one attached hydrogen (secondary N) is 1. The molecule has 2 aliphatic rings. The molecule has 0 unspecified atom stereocenters. The summed E-state index contributed by atoms with van der Waals surface area (Å²) in [6.45, 7) is 0. The lowest BCUT2D eigenvalue weighted by Crippen LogP contribution is -2.41. The van der Waals surface area contributed by atoms with Gasteiger partial charge in [0.25, 0.3) is 0 Å². The van der Waals surface area contributed by atoms with Gasteiger partial charge in [-0.15, -0.1) is 0 Å². The molecule has 2 N–H and O–H groups in total. The number of fused-ring (bicyclic) bond motifs is 2. The van der Waals surface area contributed by atoms with Crippen LogP contribution in [0, 0.1) is 11.8 Å². The van der Waals surface area contributed by atoms with Crippen molar-refractivity contribution in [2.45, 2.75) is 25.0 Å². The Kier molecular flexibility index (Phi) is 4.01. The second-order valence-corrected chi connectivity index (χ2v) is 6.58. The highest BCUT2D eigenvalue weighted by Crippen LogP contribution is 2.44. The summed E-state index contributed by atoms with van der Waals surface area (Å²) in [6, 6.07) is 17.3. The number of hydrogen-bond donors (Lipinski definition) is 2. The van der Waals surface area contributed by atoms with Gasteiger partial charge >= 0.3 is 5.97 Å². The highest BCUT2D eigenvalue weighted by molar-refractivity contribution is 5.99. The lowest BCUT2D eigenvalue weighted by molar-refractivity contribution is -0.147. The van der Waals surface area contributed by atoms with Crippen molar-refractivity contribution >= 4 is 17.6 Å². The number of amides is 1. The van der Waals surface area contributed by atoms with Crippen molar-refractivity contribution in [1.29, 1.82) is 0 Å². The Balaban J connectivity index is 1.61. The highest BCUT2D eigenvalue weighted by atomic mass is 16.5. The number of hydrogen-bond acceptors (Lipinski definition) is 3. The smallest absolute Gasteiger partial charge is 0.310 e. The molecule has 1 amide bonds. The fourth-order valence-electron chi connectivity index (χ4n) is 4.00. The number of carbonyl (C=O) groups excluding carboxylic acids is 1. The summed E-state index contributed by atoms with van der Waals surface area (Å²) in [5.74, 6) is -2.63. The van der Waals surface area contributed by atoms with Crippen molar-refractivity contribution in [3.63, 3.8) is 0 Å². The van der Waals surface area contributed by atoms with Gasteiger partial charge < -0.3 is 15.2 Å². The number of benzene rings is 2. The first-order chi connectivity index (χ1) is 12.1. The van der Waals surface area contributed by atoms with Crippen molar-refractivity contribution in [2.75, 3.05) is 5.32 Å². The lowest BCUT2D eigenvalue weighted by Gasteiger charge is -2.24. The Hall–Kier alpha value is -2.66. The number of carbonyl (C=O) groups is 2. The number of rotatable bonds is 4. The van der Waals surface area contributed by atoms with Gasteiger partial charge in [-0.25, -0.2) is 0 Å². The topological polar surface area (TPSA) is 75.6 Å². The minimum Gasteiger partial charge on any atom is -0.481 e. The minimum absolute atomic E-state index is 0.275. The first-order valence-corrected chi connectivity index (χ1v) is 8.49. The van der Waals surface area contributed by atoms with E-state index in [4.69, 9.17) is 4.74 Å². The first kappa shape index (κ1) is 15.8. The molecule has 4 rings (SSSR count). The molecule has 0 saturated carbocycles. The Labute approximate surface area is 145 Å². The van der Waals surface area contributed by atoms with E-state index in [1.165, 1.54) is 0 Å². The van der Waals surface area contributed by atoms with Gasteiger partial charge in [-0.1, -0.05) is 48.5 Å². The van der Waals surface area contributed by atoms with Crippen molar-refractivity contribution < 1.29 is 19.4 Å². The third-order valence-electron chi connectivity index (χ3n) is 5.13. The molecule has 0 aliphatic carbocycles. The summed E-state index contributed by atoms with van der Waals surface area (Å²) in [5, 5.41) is 12.4. The molecule has 5 heteroatoms. The molecule has 0 spiro atoms. The van der Waals surface area contributed by atoms with Crippen LogP contribution in [0.2, 0.25) is 0 Å². The molecule has 0 radical (unpaired) electrons. The molecule has 0 aromatic heterocycles. The quantitative estimate of drug-likeness (QED) is 0.898. The predicted octanol–water partition coefficient (Wildman–Crippen LogP) is 3.17. The van der Waals surface area contributed by atoms with E-state index in [2.05, 4.69) is 5.32 Å². The van der Waals surface area contributed by atoms with E-state index in [0.29, 0.717) is 12.1 Å². The Morgan fingerprint density at radius 2 is 1.56 bits per heavy atom. The zero-order valence-corrected chi connectivity index (χ0v) is 13.6. The van der Waals surface area contributed by atoms with Crippen LogP contribution in [-0.4, -0.2) is 29.2 Å². The number of anilines is 1. The Morgan fingerprint density at radius 3 is 2.28 bits per heavy atom. The highest BCUT2D eigenvalue weighted by Gasteiger charge is 2.55. The number of carboxylic acid groups (broad SMARTS) is 1. The lowest BCUT2D eigenvalue weighted by atomic mass is 9.78. The molecule has 2 aromatic rings. The summed E-state index contributed by atoms with van der Waals surface area (Å²) in [6.07, 6.45) is 0.816. The van der Waals surface area contributed by atoms with Gasteiger partial charge in [-0.2, -0.15) is 0 Å². The third-order valence-corrected chi connectivity index (χ3v) is 5.13. The van der Waals surface area contributed by atoms with E-state index >= 15 is 0 Å². The SMILES string of the molecule is O=C(Nc1ccccc1-c1ccccc1)[C@@H]1[C@@H](C(=O)O)[C@H]2CC[C@@H]1O2. The van der Waals surface area contributed by atoms with Gasteiger partial charge in [-0.3, -0.25) is 9.59 Å². The molecular formula is C20H19NO4. The number of para-hydroxylation sites is 1. The summed E-state index contributed by atoms with van der Waals surface area (Å²) in [5.41, 5.74) is 2.59. The molecule has 5 nitrogen and oxygen atoms in total. The Bertz CT molecular complexity index is 804. The van der Waals surface area contributed by atoms with Crippen LogP contribution in [-0.2, 0) is 14.3 Å². The van der Waals surface area contributed by atoms with Gasteiger partial charge in [0.05, 0.1) is 24.0 Å². The molecule has 2 aliphatic heterocycles. The van der Waals surface area contributed by atoms with Crippen LogP contribution in [0.15, 0.2) is 54.6 Å². The zero-order valence-electron chi connectivity index (χ0n) is 13.6. The van der Waals surface area contributed by atoms with Crippen molar-refractivity contribution in [2.24, 2.45) is 11.8 Å². The van der Waals surface area contributed by atoms with Crippen LogP contribution >= 0.6 is 0 Å². The van der Waals surface area contributed by atoms with E-state index in [-0.39, 0.29) is 18.1 Å². The van der Waals surface area contributed by atoms with Crippen LogP contribution in [0.5, 0.6) is 0 Å². The average molecular weight is 337 g/mol. The molecular weight excluding hydrogens is 318 g/mol. The van der Waals surface area contributed by atoms with E-state index in [9.17, 15) is 14.7 Å². The van der Waals surface area contributed by atoms with Crippen LogP contribution in [0.3, 0.4) is 0 Å². The summed E-state index contributed by atoms with van der Waals surface area (Å²) in [4.78, 5) is 24.4. The van der Waals surface area contributed by atoms with Gasteiger partial charge in [0.1, 0.15) is 0 Å². The van der Waals surface area contributed by atoms with Gasteiger partial charge in [0.2, 0.25) is 5.91 Å². The van der Waals surface area contributed by atoms with Crippen LogP contribution in [0.25, 0.3) is 11.1 Å². The van der Waals surface area contributed by atoms with E-state index in [0.717, 1.165) is 17.5 Å². The number of carboxylic acids is 1. The molecule has 2 heterocycles. The number of aliphatic carboxylic acids is 1. The summed E-state index contributed by atoms with van der Waals surface area (Å²) >= 11 is 0. The second-order valence-electron chi connectivity index (χ2n) is 6.58. The zero-order chi connectivity index (χ0) is 17.4. The average Bonchev–Trinajstić information content (AvgIpc) is 3.24. The van der Waals surface area contributed by atoms with Crippen molar-refractivity contribution in [1.82, 2.24) is 0 Å². The van der Waals surface area contributed by atoms with Crippen molar-refractivity contribution in [3.05, 3.63) is 54.6 Å². The van der Waals surface area contributed by atoms with E-state index in [1.807, 2.05) is 54.6 Å². The largest absolute Gasteiger partial charge is 0.481 e. The number of ether oxygens (including phenoxy) is 1. The molecule has 25 heavy (non-hydrogen) atoms. The van der Waals surface area contributed by atoms with Gasteiger partial charge in [0.15, 0.2) is 0 Å². The van der Waals surface area contributed by atoms with Gasteiger partial charge in [0, 0.05) is 11.3 Å². The molecule has 2 saturated heterocycles. The molecule has 2 fully saturated rings. The molecule has 2 bridgehead atoms. The molecule has 2 aromatic carbocycles. The van der Waals surface area contributed by atoms with Gasteiger partial charge in [-0.05, 0) is 24.5 Å². The summed E-state index contributed by atoms with van der Waals surface area (Å²) < 4.78 is 5.69. The van der Waals surface area contributed by atoms with Crippen LogP contribution in [0.1, 0.15) is 12.8 Å². The normalized spacial score (nSPS) is 27.2. The second kappa shape index (κ2) is 6.33. The van der Waals surface area contributed by atoms with Crippen molar-refractivity contribution in [3.8, 4) is 11.1 Å². The third kappa shape index (κ3) is 2.81. The fourth-order valence-corrected chi connectivity index (χ4v) is 4.00. The predicted molar refractivity (Wildman–Crippen MR) is 93.0 cm³/mol. The van der Waals surface area contributed by atoms with Crippen LogP contribution < -0.4 is 5.32 Å². The summed E-state index contributed by atoms with van der Waals surface area (Å²) in [7, 11) is 0. The van der Waals surface area contributed by atoms with Crippen LogP contribution in [0.4, 0.5) is 5.69 Å². The Morgan fingerprint density at radius 1 is 0.920 bits per heavy atom. The fraction of sp³-hybridized carbons (Fsp3) is 0.300. The minimum atomic E-state index is -0.955. The maximum Gasteiger partial charge on any atom is 0.310 e. The maximum absolute atomic E-state index is 12.8. The molecule has 4 atom stereocenters. The standard InChI is InChI=1S/C20H19NO4/c22-19(17-15-10-11-16(25-15)18(17)20(23)24)21-14-9-5-4-8-13(14)12-6-2-1-3-7-12/h1-9,15-18H,10-11H2,(H,21,22)(H,23,24)/t15-,16+,17-,18-/m0/s1. The monoisotopic (exact) mass is 337 g/mol. The van der Waals surface area contributed by atoms with E-state index in [1.54, 1.807) is 0 Å². The first-order valence-electron chi connectivity index (χ1n) is 8.49. The van der Waals surface area contributed by atoms with E-state index < -0.39 is 17.8 Å². The maximum atomic E-state index is 12.8.